The zero-order valence-corrected chi connectivity index (χ0v) is 17.8. The van der Waals surface area contributed by atoms with Gasteiger partial charge in [-0.25, -0.2) is 9.18 Å². The normalized spacial score (nSPS) is 18.7. The lowest BCUT2D eigenvalue weighted by molar-refractivity contribution is -0.119. The lowest BCUT2D eigenvalue weighted by atomic mass is 10.2. The quantitative estimate of drug-likeness (QED) is 0.744. The molecular weight excluding hydrogens is 421 g/mol. The molecule has 10 nitrogen and oxygen atoms in total. The molecule has 2 aromatic rings. The van der Waals surface area contributed by atoms with Gasteiger partial charge in [0.25, 0.3) is 5.91 Å². The predicted octanol–water partition coefficient (Wildman–Crippen LogP) is 1.55. The number of nitrogens with one attached hydrogen (secondary N) is 1. The second-order valence-electron chi connectivity index (χ2n) is 7.80. The minimum Gasteiger partial charge on any atom is -0.442 e. The maximum atomic E-state index is 14.9. The van der Waals surface area contributed by atoms with Gasteiger partial charge in [-0.15, -0.1) is 0 Å². The first-order valence-corrected chi connectivity index (χ1v) is 10.3. The van der Waals surface area contributed by atoms with Crippen LogP contribution in [0.25, 0.3) is 0 Å². The van der Waals surface area contributed by atoms with E-state index in [9.17, 15) is 18.8 Å². The zero-order valence-electron chi connectivity index (χ0n) is 17.8. The molecule has 2 fully saturated rings. The fourth-order valence-corrected chi connectivity index (χ4v) is 3.79. The van der Waals surface area contributed by atoms with E-state index in [2.05, 4.69) is 10.5 Å². The summed E-state index contributed by atoms with van der Waals surface area (Å²) in [6.45, 7) is 5.31. The number of ether oxygens (including phenoxy) is 1. The Morgan fingerprint density at radius 1 is 1.22 bits per heavy atom. The van der Waals surface area contributed by atoms with Gasteiger partial charge in [0.2, 0.25) is 11.7 Å². The number of carbonyl (C=O) groups excluding carboxylic acids is 3. The molecule has 2 saturated heterocycles. The highest BCUT2D eigenvalue weighted by Gasteiger charge is 2.33. The molecule has 4 rings (SSSR count). The second-order valence-corrected chi connectivity index (χ2v) is 7.80. The summed E-state index contributed by atoms with van der Waals surface area (Å²) in [6, 6.07) is 6.18. The number of aromatic nitrogens is 1. The molecule has 2 aliphatic rings. The number of hydrogen-bond acceptors (Lipinski definition) is 7. The van der Waals surface area contributed by atoms with E-state index in [0.29, 0.717) is 43.2 Å². The number of piperazine rings is 1. The van der Waals surface area contributed by atoms with E-state index >= 15 is 0 Å². The van der Waals surface area contributed by atoms with Crippen molar-refractivity contribution in [1.82, 2.24) is 15.4 Å². The van der Waals surface area contributed by atoms with E-state index in [-0.39, 0.29) is 30.7 Å². The lowest BCUT2D eigenvalue weighted by Crippen LogP contribution is -2.49. The number of benzene rings is 1. The second kappa shape index (κ2) is 8.85. The molecule has 0 bridgehead atoms. The van der Waals surface area contributed by atoms with Gasteiger partial charge < -0.3 is 24.4 Å². The number of aryl methyl sites for hydroxylation is 1. The fourth-order valence-electron chi connectivity index (χ4n) is 3.79. The average molecular weight is 445 g/mol. The van der Waals surface area contributed by atoms with Crippen molar-refractivity contribution in [1.29, 1.82) is 0 Å². The Morgan fingerprint density at radius 2 is 1.97 bits per heavy atom. The van der Waals surface area contributed by atoms with Gasteiger partial charge in [-0.1, -0.05) is 5.16 Å². The van der Waals surface area contributed by atoms with Crippen molar-refractivity contribution in [3.63, 3.8) is 0 Å². The van der Waals surface area contributed by atoms with Crippen molar-refractivity contribution < 1.29 is 28.0 Å². The van der Waals surface area contributed by atoms with Crippen LogP contribution in [0.2, 0.25) is 0 Å². The minimum atomic E-state index is -0.581. The molecule has 170 valence electrons. The fraction of sp³-hybridized carbons (Fsp3) is 0.429. The maximum Gasteiger partial charge on any atom is 0.414 e. The van der Waals surface area contributed by atoms with Gasteiger partial charge in [-0.05, 0) is 25.1 Å². The van der Waals surface area contributed by atoms with E-state index in [4.69, 9.17) is 9.26 Å². The van der Waals surface area contributed by atoms with E-state index in [1.165, 1.54) is 17.9 Å². The topological polar surface area (TPSA) is 108 Å². The molecule has 2 aliphatic heterocycles. The number of amides is 3. The minimum absolute atomic E-state index is 0.195. The van der Waals surface area contributed by atoms with Crippen LogP contribution in [0.1, 0.15) is 23.2 Å². The number of hydrogen-bond donors (Lipinski definition) is 1. The smallest absolute Gasteiger partial charge is 0.414 e. The summed E-state index contributed by atoms with van der Waals surface area (Å²) in [4.78, 5) is 40.5. The molecule has 3 heterocycles. The first-order chi connectivity index (χ1) is 15.3. The molecule has 3 amide bonds. The Hall–Kier alpha value is -3.63. The molecule has 11 heteroatoms. The summed E-state index contributed by atoms with van der Waals surface area (Å²) in [7, 11) is 0. The SMILES string of the molecule is CC(=O)NC[C@H]1CN(c2ccc(N3CCN(C(=O)c4cc(C)no4)CC3)c(F)c2)C(=O)O1. The monoisotopic (exact) mass is 445 g/mol. The van der Waals surface area contributed by atoms with Gasteiger partial charge in [0.15, 0.2) is 0 Å². The molecule has 0 spiro atoms. The molecule has 1 aromatic heterocycles. The summed E-state index contributed by atoms with van der Waals surface area (Å²) in [5.41, 5.74) is 1.42. The number of rotatable bonds is 5. The van der Waals surface area contributed by atoms with Crippen molar-refractivity contribution >= 4 is 29.3 Å². The Kier molecular flexibility index (Phi) is 5.97. The van der Waals surface area contributed by atoms with Gasteiger partial charge in [0.1, 0.15) is 11.9 Å². The Labute approximate surface area is 183 Å². The van der Waals surface area contributed by atoms with Crippen molar-refractivity contribution in [3.05, 3.63) is 41.5 Å². The summed E-state index contributed by atoms with van der Waals surface area (Å²) in [5.74, 6) is -0.720. The van der Waals surface area contributed by atoms with Gasteiger partial charge in [0, 0.05) is 39.2 Å². The van der Waals surface area contributed by atoms with Crippen LogP contribution in [-0.2, 0) is 9.53 Å². The van der Waals surface area contributed by atoms with Crippen LogP contribution in [0.3, 0.4) is 0 Å². The molecular formula is C21H24FN5O5. The van der Waals surface area contributed by atoms with Crippen molar-refractivity contribution in [3.8, 4) is 0 Å². The zero-order chi connectivity index (χ0) is 22.8. The molecule has 0 radical (unpaired) electrons. The number of carbonyl (C=O) groups is 3. The van der Waals surface area contributed by atoms with Gasteiger partial charge >= 0.3 is 6.09 Å². The molecule has 0 unspecified atom stereocenters. The van der Waals surface area contributed by atoms with E-state index < -0.39 is 18.0 Å². The standard InChI is InChI=1S/C21H24FN5O5/c1-13-9-19(32-24-13)20(29)26-7-5-25(6-8-26)18-4-3-15(10-17(18)22)27-12-16(31-21(27)30)11-23-14(2)28/h3-4,9-10,16H,5-8,11-12H2,1-2H3,(H,23,28)/t16-/m0/s1. The Bertz CT molecular complexity index is 1030. The first-order valence-electron chi connectivity index (χ1n) is 10.3. The number of halogens is 1. The van der Waals surface area contributed by atoms with Crippen LogP contribution in [0.15, 0.2) is 28.8 Å². The third-order valence-corrected chi connectivity index (χ3v) is 5.44. The van der Waals surface area contributed by atoms with E-state index in [1.54, 1.807) is 30.0 Å². The van der Waals surface area contributed by atoms with E-state index in [0.717, 1.165) is 0 Å². The molecule has 1 aromatic carbocycles. The molecule has 1 atom stereocenters. The van der Waals surface area contributed by atoms with Crippen LogP contribution in [-0.4, -0.2) is 73.3 Å². The molecule has 1 N–H and O–H groups in total. The summed E-state index contributed by atoms with van der Waals surface area (Å²) in [5, 5.41) is 6.34. The van der Waals surface area contributed by atoms with Crippen molar-refractivity contribution in [2.45, 2.75) is 20.0 Å². The van der Waals surface area contributed by atoms with Crippen LogP contribution >= 0.6 is 0 Å². The van der Waals surface area contributed by atoms with Crippen molar-refractivity contribution in [2.75, 3.05) is 49.1 Å². The van der Waals surface area contributed by atoms with Crippen molar-refractivity contribution in [2.24, 2.45) is 0 Å². The molecule has 32 heavy (non-hydrogen) atoms. The van der Waals surface area contributed by atoms with Gasteiger partial charge in [-0.3, -0.25) is 14.5 Å². The maximum absolute atomic E-state index is 14.9. The summed E-state index contributed by atoms with van der Waals surface area (Å²) >= 11 is 0. The molecule has 0 saturated carbocycles. The molecule has 0 aliphatic carbocycles. The third-order valence-electron chi connectivity index (χ3n) is 5.44. The van der Waals surface area contributed by atoms with Crippen LogP contribution in [0, 0.1) is 12.7 Å². The van der Waals surface area contributed by atoms with Crippen LogP contribution < -0.4 is 15.1 Å². The number of anilines is 2. The Balaban J connectivity index is 1.37. The third kappa shape index (κ3) is 4.51. The highest BCUT2D eigenvalue weighted by molar-refractivity contribution is 5.92. The summed E-state index contributed by atoms with van der Waals surface area (Å²) < 4.78 is 25.2. The van der Waals surface area contributed by atoms with E-state index in [1.807, 2.05) is 4.90 Å². The first kappa shape index (κ1) is 21.6. The Morgan fingerprint density at radius 3 is 2.59 bits per heavy atom. The lowest BCUT2D eigenvalue weighted by Gasteiger charge is -2.35. The van der Waals surface area contributed by atoms with Gasteiger partial charge in [0.05, 0.1) is 30.2 Å². The predicted molar refractivity (Wildman–Crippen MR) is 112 cm³/mol. The number of nitrogens with zero attached hydrogens (tertiary/aromatic N) is 4. The summed E-state index contributed by atoms with van der Waals surface area (Å²) in [6.07, 6.45) is -1.07. The largest absolute Gasteiger partial charge is 0.442 e. The van der Waals surface area contributed by atoms with Crippen LogP contribution in [0.5, 0.6) is 0 Å². The highest BCUT2D eigenvalue weighted by Crippen LogP contribution is 2.28. The average Bonchev–Trinajstić information content (AvgIpc) is 3.37. The van der Waals surface area contributed by atoms with Crippen LogP contribution in [0.4, 0.5) is 20.6 Å². The number of cyclic esters (lactones) is 1. The van der Waals surface area contributed by atoms with Gasteiger partial charge in [-0.2, -0.15) is 0 Å². The highest BCUT2D eigenvalue weighted by atomic mass is 19.1.